The normalized spacial score (nSPS) is 10.0. The number of hydrogen-bond donors (Lipinski definition) is 0. The van der Waals surface area contributed by atoms with Crippen LogP contribution in [0, 0.1) is 0 Å². The van der Waals surface area contributed by atoms with Gasteiger partial charge in [0.05, 0.1) is 5.75 Å². The fraction of sp³-hybridized carbons (Fsp3) is 1.00. The van der Waals surface area contributed by atoms with E-state index in [-0.39, 0.29) is 24.6 Å². The van der Waals surface area contributed by atoms with Crippen LogP contribution in [0.2, 0.25) is 0 Å². The summed E-state index contributed by atoms with van der Waals surface area (Å²) in [5.41, 5.74) is 15.8. The van der Waals surface area contributed by atoms with Crippen LogP contribution in [-0.4, -0.2) is 33.0 Å². The SMILES string of the molecule is [N-]=[N+]=NCCSS(=O)(=O)CCN=[N+]=[N-]. The van der Waals surface area contributed by atoms with Gasteiger partial charge in [-0.1, -0.05) is 10.2 Å². The van der Waals surface area contributed by atoms with Gasteiger partial charge in [0.25, 0.3) is 0 Å². The summed E-state index contributed by atoms with van der Waals surface area (Å²) in [5, 5.41) is 6.29. The van der Waals surface area contributed by atoms with Crippen molar-refractivity contribution >= 4 is 19.7 Å². The van der Waals surface area contributed by atoms with Crippen LogP contribution >= 0.6 is 10.8 Å². The molecule has 78 valence electrons. The number of rotatable bonds is 7. The van der Waals surface area contributed by atoms with Gasteiger partial charge in [-0.25, -0.2) is 8.42 Å². The number of hydrogen-bond acceptors (Lipinski definition) is 5. The number of nitrogens with zero attached hydrogens (tertiary/aromatic N) is 6. The molecule has 0 aliphatic rings. The van der Waals surface area contributed by atoms with Crippen LogP contribution in [0.4, 0.5) is 0 Å². The van der Waals surface area contributed by atoms with Crippen LogP contribution in [0.3, 0.4) is 0 Å². The van der Waals surface area contributed by atoms with Crippen LogP contribution in [-0.2, 0) is 8.87 Å². The Morgan fingerprint density at radius 2 is 1.71 bits per heavy atom. The Bertz CT molecular complexity index is 352. The Labute approximate surface area is 84.2 Å². The molecule has 0 fully saturated rings. The van der Waals surface area contributed by atoms with E-state index in [1.54, 1.807) is 0 Å². The van der Waals surface area contributed by atoms with Crippen molar-refractivity contribution in [2.45, 2.75) is 0 Å². The monoisotopic (exact) mass is 236 g/mol. The third kappa shape index (κ3) is 7.56. The molecule has 0 N–H and O–H groups in total. The molecule has 0 atom stereocenters. The molecule has 0 aliphatic carbocycles. The van der Waals surface area contributed by atoms with Crippen molar-refractivity contribution in [1.82, 2.24) is 0 Å². The zero-order chi connectivity index (χ0) is 10.9. The molecule has 0 spiro atoms. The lowest BCUT2D eigenvalue weighted by Crippen LogP contribution is -2.05. The second kappa shape index (κ2) is 7.34. The standard InChI is InChI=1S/C4H8N6O2S2/c5-9-7-1-3-13-14(11,12)4-2-8-10-6/h1-4H2. The molecular formula is C4H8N6O2S2. The van der Waals surface area contributed by atoms with Gasteiger partial charge < -0.3 is 0 Å². The predicted octanol–water partition coefficient (Wildman–Crippen LogP) is 1.67. The molecule has 0 saturated carbocycles. The maximum absolute atomic E-state index is 11.1. The van der Waals surface area contributed by atoms with Gasteiger partial charge in [-0.05, 0) is 21.9 Å². The Morgan fingerprint density at radius 1 is 1.14 bits per heavy atom. The van der Waals surface area contributed by atoms with Gasteiger partial charge in [-0.15, -0.1) is 0 Å². The van der Waals surface area contributed by atoms with Gasteiger partial charge in [-0.2, -0.15) is 0 Å². The molecule has 0 bridgehead atoms. The molecule has 0 aromatic carbocycles. The van der Waals surface area contributed by atoms with Crippen molar-refractivity contribution in [3.8, 4) is 0 Å². The zero-order valence-electron chi connectivity index (χ0n) is 7.14. The quantitative estimate of drug-likeness (QED) is 0.219. The van der Waals surface area contributed by atoms with E-state index < -0.39 is 8.87 Å². The molecule has 0 aliphatic heterocycles. The van der Waals surface area contributed by atoms with Crippen molar-refractivity contribution in [2.24, 2.45) is 10.2 Å². The second-order valence-electron chi connectivity index (χ2n) is 1.99. The summed E-state index contributed by atoms with van der Waals surface area (Å²) in [6.07, 6.45) is 0. The first kappa shape index (κ1) is 12.9. The fourth-order valence-electron chi connectivity index (χ4n) is 0.506. The molecule has 0 saturated heterocycles. The molecule has 0 amide bonds. The highest BCUT2D eigenvalue weighted by Crippen LogP contribution is 2.12. The summed E-state index contributed by atoms with van der Waals surface area (Å²) in [5.74, 6) is 0.0145. The molecule has 0 unspecified atom stereocenters. The van der Waals surface area contributed by atoms with E-state index in [2.05, 4.69) is 20.1 Å². The van der Waals surface area contributed by atoms with Crippen molar-refractivity contribution in [3.63, 3.8) is 0 Å². The minimum atomic E-state index is -3.27. The van der Waals surface area contributed by atoms with E-state index in [0.717, 1.165) is 0 Å². The third-order valence-corrected chi connectivity index (χ3v) is 4.49. The van der Waals surface area contributed by atoms with Crippen LogP contribution in [0.15, 0.2) is 10.2 Å². The van der Waals surface area contributed by atoms with E-state index in [0.29, 0.717) is 10.8 Å². The Hall–Kier alpha value is -1.08. The molecule has 0 heterocycles. The van der Waals surface area contributed by atoms with Crippen molar-refractivity contribution in [3.05, 3.63) is 20.9 Å². The summed E-state index contributed by atoms with van der Waals surface area (Å²) >= 11 is 0. The summed E-state index contributed by atoms with van der Waals surface area (Å²) < 4.78 is 22.2. The lowest BCUT2D eigenvalue weighted by atomic mass is 10.8. The maximum Gasteiger partial charge on any atom is 0.201 e. The van der Waals surface area contributed by atoms with E-state index in [1.807, 2.05) is 0 Å². The van der Waals surface area contributed by atoms with Crippen LogP contribution in [0.1, 0.15) is 0 Å². The molecule has 0 aromatic heterocycles. The Morgan fingerprint density at radius 3 is 2.29 bits per heavy atom. The molecular weight excluding hydrogens is 228 g/mol. The summed E-state index contributed by atoms with van der Waals surface area (Å²) in [6.45, 7) is 0.0509. The molecule has 0 radical (unpaired) electrons. The van der Waals surface area contributed by atoms with Gasteiger partial charge in [0.15, 0.2) is 0 Å². The van der Waals surface area contributed by atoms with E-state index in [4.69, 9.17) is 11.1 Å². The van der Waals surface area contributed by atoms with Crippen molar-refractivity contribution < 1.29 is 8.42 Å². The average molecular weight is 236 g/mol. The Kier molecular flexibility index (Phi) is 6.77. The summed E-state index contributed by atoms with van der Waals surface area (Å²) in [7, 11) is -2.57. The van der Waals surface area contributed by atoms with E-state index in [1.165, 1.54) is 0 Å². The van der Waals surface area contributed by atoms with Crippen LogP contribution in [0.25, 0.3) is 20.9 Å². The van der Waals surface area contributed by atoms with Crippen LogP contribution in [0.5, 0.6) is 0 Å². The highest BCUT2D eigenvalue weighted by atomic mass is 33.1. The first-order valence-electron chi connectivity index (χ1n) is 3.51. The molecule has 14 heavy (non-hydrogen) atoms. The van der Waals surface area contributed by atoms with E-state index in [9.17, 15) is 8.42 Å². The first-order chi connectivity index (χ1) is 6.62. The first-order valence-corrected chi connectivity index (χ1v) is 6.66. The summed E-state index contributed by atoms with van der Waals surface area (Å²) in [4.78, 5) is 4.91. The van der Waals surface area contributed by atoms with Gasteiger partial charge in [-0.3, -0.25) is 0 Å². The minimum absolute atomic E-state index is 0.0760. The van der Waals surface area contributed by atoms with Crippen molar-refractivity contribution in [1.29, 1.82) is 0 Å². The molecule has 0 rings (SSSR count). The van der Waals surface area contributed by atoms with Gasteiger partial charge >= 0.3 is 0 Å². The lowest BCUT2D eigenvalue weighted by molar-refractivity contribution is 0.610. The largest absolute Gasteiger partial charge is 0.217 e. The highest BCUT2D eigenvalue weighted by molar-refractivity contribution is 8.72. The average Bonchev–Trinajstić information content (AvgIpc) is 2.13. The molecule has 0 aromatic rings. The second-order valence-corrected chi connectivity index (χ2v) is 6.39. The molecule has 10 heteroatoms. The van der Waals surface area contributed by atoms with Crippen LogP contribution < -0.4 is 0 Å². The van der Waals surface area contributed by atoms with Crippen molar-refractivity contribution in [2.75, 3.05) is 24.6 Å². The lowest BCUT2D eigenvalue weighted by Gasteiger charge is -1.98. The van der Waals surface area contributed by atoms with Gasteiger partial charge in [0.1, 0.15) is 0 Å². The Balaban J connectivity index is 3.83. The van der Waals surface area contributed by atoms with Gasteiger partial charge in [0.2, 0.25) is 8.87 Å². The topological polar surface area (TPSA) is 132 Å². The maximum atomic E-state index is 11.1. The zero-order valence-corrected chi connectivity index (χ0v) is 8.78. The smallest absolute Gasteiger partial charge is 0.201 e. The molecule has 8 nitrogen and oxygen atoms in total. The fourth-order valence-corrected chi connectivity index (χ4v) is 2.90. The number of azide groups is 2. The third-order valence-electron chi connectivity index (χ3n) is 1.02. The van der Waals surface area contributed by atoms with Gasteiger partial charge in [0, 0.05) is 28.7 Å². The predicted molar refractivity (Wildman–Crippen MR) is 54.3 cm³/mol. The minimum Gasteiger partial charge on any atom is -0.217 e. The summed E-state index contributed by atoms with van der Waals surface area (Å²) in [6, 6.07) is 0. The highest BCUT2D eigenvalue weighted by Gasteiger charge is 2.09. The van der Waals surface area contributed by atoms with E-state index >= 15 is 0 Å².